The number of hydrogen-bond donors (Lipinski definition) is 1. The Morgan fingerprint density at radius 1 is 0.972 bits per heavy atom. The lowest BCUT2D eigenvalue weighted by molar-refractivity contribution is 0.414. The van der Waals surface area contributed by atoms with Gasteiger partial charge < -0.3 is 14.3 Å². The van der Waals surface area contributed by atoms with Gasteiger partial charge in [-0.2, -0.15) is 0 Å². The SMILES string of the molecule is COc1cccc(-n2c(-c3ccccc3)c(C)c3oc(=O)c(Sc4ccccc4Br)c(O)c3c2=O)c1. The summed E-state index contributed by atoms with van der Waals surface area (Å²) in [5, 5.41) is 11.2. The van der Waals surface area contributed by atoms with Crippen molar-refractivity contribution in [2.75, 3.05) is 7.11 Å². The minimum atomic E-state index is -0.721. The number of benzene rings is 3. The molecule has 0 aliphatic carbocycles. The smallest absolute Gasteiger partial charge is 0.354 e. The van der Waals surface area contributed by atoms with Gasteiger partial charge in [-0.05, 0) is 52.7 Å². The summed E-state index contributed by atoms with van der Waals surface area (Å²) < 4.78 is 13.4. The van der Waals surface area contributed by atoms with Crippen LogP contribution >= 0.6 is 27.7 Å². The van der Waals surface area contributed by atoms with Crippen molar-refractivity contribution >= 4 is 38.7 Å². The minimum Gasteiger partial charge on any atom is -0.505 e. The Bertz CT molecular complexity index is 1730. The lowest BCUT2D eigenvalue weighted by atomic mass is 10.0. The average Bonchev–Trinajstić information content (AvgIpc) is 2.89. The molecule has 0 atom stereocenters. The number of halogens is 1. The highest BCUT2D eigenvalue weighted by atomic mass is 79.9. The van der Waals surface area contributed by atoms with Gasteiger partial charge in [-0.15, -0.1) is 0 Å². The van der Waals surface area contributed by atoms with Crippen LogP contribution in [0.25, 0.3) is 27.9 Å². The van der Waals surface area contributed by atoms with E-state index in [0.29, 0.717) is 27.6 Å². The van der Waals surface area contributed by atoms with Crippen LogP contribution in [0.4, 0.5) is 0 Å². The van der Waals surface area contributed by atoms with E-state index < -0.39 is 16.9 Å². The maximum absolute atomic E-state index is 14.1. The number of fused-ring (bicyclic) bond motifs is 1. The fraction of sp³-hybridized carbons (Fsp3) is 0.0714. The number of methoxy groups -OCH3 is 1. The van der Waals surface area contributed by atoms with Crippen molar-refractivity contribution in [3.63, 3.8) is 0 Å². The highest BCUT2D eigenvalue weighted by Gasteiger charge is 2.25. The Morgan fingerprint density at radius 2 is 1.69 bits per heavy atom. The molecule has 0 saturated carbocycles. The molecular formula is C28H20BrNO5S. The van der Waals surface area contributed by atoms with E-state index in [4.69, 9.17) is 9.15 Å². The molecule has 0 aliphatic heterocycles. The predicted molar refractivity (Wildman–Crippen MR) is 145 cm³/mol. The lowest BCUT2D eigenvalue weighted by Crippen LogP contribution is -2.23. The van der Waals surface area contributed by atoms with Gasteiger partial charge >= 0.3 is 5.63 Å². The number of pyridine rings is 1. The number of aromatic hydroxyl groups is 1. The van der Waals surface area contributed by atoms with Crippen molar-refractivity contribution in [1.29, 1.82) is 0 Å². The van der Waals surface area contributed by atoms with Crippen molar-refractivity contribution in [1.82, 2.24) is 4.57 Å². The van der Waals surface area contributed by atoms with Gasteiger partial charge in [0.2, 0.25) is 0 Å². The molecule has 8 heteroatoms. The molecule has 0 amide bonds. The predicted octanol–water partition coefficient (Wildman–Crippen LogP) is 6.55. The largest absolute Gasteiger partial charge is 0.505 e. The van der Waals surface area contributed by atoms with Crippen molar-refractivity contribution in [3.8, 4) is 28.4 Å². The first-order chi connectivity index (χ1) is 17.4. The maximum atomic E-state index is 14.1. The standard InChI is InChI=1S/C28H20BrNO5S/c1-16-23(17-9-4-3-5-10-17)30(18-11-8-12-19(15-18)34-2)27(32)22-24(31)26(28(33)35-25(16)22)36-21-14-7-6-13-20(21)29/h3-15,31H,1-2H3. The number of aryl methyl sites for hydroxylation is 1. The zero-order chi connectivity index (χ0) is 25.4. The Labute approximate surface area is 218 Å². The van der Waals surface area contributed by atoms with E-state index in [0.717, 1.165) is 21.8 Å². The molecule has 0 fully saturated rings. The van der Waals surface area contributed by atoms with Gasteiger partial charge in [0.25, 0.3) is 5.56 Å². The summed E-state index contributed by atoms with van der Waals surface area (Å²) >= 11 is 4.49. The number of ether oxygens (including phenoxy) is 1. The molecule has 5 aromatic rings. The first-order valence-corrected chi connectivity index (χ1v) is 12.6. The van der Waals surface area contributed by atoms with Crippen LogP contribution in [0.1, 0.15) is 5.56 Å². The molecule has 0 saturated heterocycles. The van der Waals surface area contributed by atoms with Crippen LogP contribution in [-0.2, 0) is 0 Å². The van der Waals surface area contributed by atoms with Gasteiger partial charge in [-0.25, -0.2) is 4.79 Å². The first-order valence-electron chi connectivity index (χ1n) is 11.0. The molecule has 0 bridgehead atoms. The minimum absolute atomic E-state index is 0.0528. The average molecular weight is 562 g/mol. The van der Waals surface area contributed by atoms with Crippen LogP contribution in [0.15, 0.2) is 107 Å². The summed E-state index contributed by atoms with van der Waals surface area (Å²) in [5.41, 5.74) is 1.22. The molecule has 3 aromatic carbocycles. The molecule has 0 aliphatic rings. The highest BCUT2D eigenvalue weighted by Crippen LogP contribution is 2.40. The molecule has 5 rings (SSSR count). The number of rotatable bonds is 5. The molecule has 2 aromatic heterocycles. The molecule has 6 nitrogen and oxygen atoms in total. The van der Waals surface area contributed by atoms with Crippen LogP contribution in [0.5, 0.6) is 11.5 Å². The number of nitrogens with zero attached hydrogens (tertiary/aromatic N) is 1. The summed E-state index contributed by atoms with van der Waals surface area (Å²) in [6.45, 7) is 1.77. The third-order valence-corrected chi connectivity index (χ3v) is 7.90. The van der Waals surface area contributed by atoms with Gasteiger partial charge in [0.15, 0.2) is 11.3 Å². The molecule has 2 heterocycles. The Morgan fingerprint density at radius 3 is 2.42 bits per heavy atom. The molecule has 1 N–H and O–H groups in total. The third-order valence-electron chi connectivity index (χ3n) is 5.80. The van der Waals surface area contributed by atoms with Crippen LogP contribution in [0.2, 0.25) is 0 Å². The fourth-order valence-electron chi connectivity index (χ4n) is 4.12. The summed E-state index contributed by atoms with van der Waals surface area (Å²) in [6.07, 6.45) is 0. The zero-order valence-electron chi connectivity index (χ0n) is 19.3. The van der Waals surface area contributed by atoms with Gasteiger partial charge in [0.05, 0.1) is 18.5 Å². The number of aromatic nitrogens is 1. The fourth-order valence-corrected chi connectivity index (χ4v) is 5.51. The van der Waals surface area contributed by atoms with E-state index in [2.05, 4.69) is 15.9 Å². The van der Waals surface area contributed by atoms with E-state index in [9.17, 15) is 14.7 Å². The lowest BCUT2D eigenvalue weighted by Gasteiger charge is -2.19. The maximum Gasteiger partial charge on any atom is 0.354 e. The van der Waals surface area contributed by atoms with Crippen molar-refractivity contribution < 1.29 is 14.3 Å². The van der Waals surface area contributed by atoms with Crippen molar-refractivity contribution in [2.24, 2.45) is 0 Å². The van der Waals surface area contributed by atoms with E-state index >= 15 is 0 Å². The molecule has 36 heavy (non-hydrogen) atoms. The second kappa shape index (κ2) is 9.72. The van der Waals surface area contributed by atoms with Crippen molar-refractivity contribution in [3.05, 3.63) is 110 Å². The highest BCUT2D eigenvalue weighted by molar-refractivity contribution is 9.10. The van der Waals surface area contributed by atoms with Crippen LogP contribution in [0.3, 0.4) is 0 Å². The monoisotopic (exact) mass is 561 g/mol. The summed E-state index contributed by atoms with van der Waals surface area (Å²) in [7, 11) is 1.55. The van der Waals surface area contributed by atoms with E-state index in [1.54, 1.807) is 44.4 Å². The van der Waals surface area contributed by atoms with Crippen molar-refractivity contribution in [2.45, 2.75) is 16.7 Å². The molecule has 0 spiro atoms. The van der Waals surface area contributed by atoms with Gasteiger partial charge in [-0.1, -0.05) is 60.3 Å². The summed E-state index contributed by atoms with van der Waals surface area (Å²) in [6, 6.07) is 23.8. The topological polar surface area (TPSA) is 81.7 Å². The van der Waals surface area contributed by atoms with Gasteiger partial charge in [-0.3, -0.25) is 9.36 Å². The van der Waals surface area contributed by atoms with Gasteiger partial charge in [0.1, 0.15) is 16.0 Å². The second-order valence-corrected chi connectivity index (χ2v) is 9.89. The molecular weight excluding hydrogens is 542 g/mol. The Kier molecular flexibility index (Phi) is 6.47. The van der Waals surface area contributed by atoms with Crippen LogP contribution in [-0.4, -0.2) is 16.8 Å². The molecule has 180 valence electrons. The summed E-state index contributed by atoms with van der Waals surface area (Å²) in [5.74, 6) is 0.163. The normalized spacial score (nSPS) is 11.1. The zero-order valence-corrected chi connectivity index (χ0v) is 21.7. The Hall–Kier alpha value is -3.75. The third kappa shape index (κ3) is 4.12. The van der Waals surface area contributed by atoms with Crippen LogP contribution < -0.4 is 15.9 Å². The van der Waals surface area contributed by atoms with Crippen LogP contribution in [0, 0.1) is 6.92 Å². The van der Waals surface area contributed by atoms with E-state index in [1.807, 2.05) is 48.5 Å². The van der Waals surface area contributed by atoms with Gasteiger partial charge in [0, 0.05) is 21.0 Å². The molecule has 0 unspecified atom stereocenters. The van der Waals surface area contributed by atoms with E-state index in [1.165, 1.54) is 4.57 Å². The Balaban J connectivity index is 1.88. The first kappa shape index (κ1) is 24.0. The summed E-state index contributed by atoms with van der Waals surface area (Å²) in [4.78, 5) is 27.7. The van der Waals surface area contributed by atoms with E-state index in [-0.39, 0.29) is 15.9 Å². The second-order valence-electron chi connectivity index (χ2n) is 7.99. The quantitative estimate of drug-likeness (QED) is 0.262. The number of hydrogen-bond acceptors (Lipinski definition) is 6. The molecule has 0 radical (unpaired) electrons.